The molecule has 0 saturated heterocycles. The van der Waals surface area contributed by atoms with Crippen molar-refractivity contribution in [2.45, 2.75) is 26.7 Å². The molecule has 3 heteroatoms. The highest BCUT2D eigenvalue weighted by atomic mass is 16.5. The lowest BCUT2D eigenvalue weighted by Crippen LogP contribution is -1.94. The highest BCUT2D eigenvalue weighted by Crippen LogP contribution is 2.30. The van der Waals surface area contributed by atoms with E-state index in [0.717, 1.165) is 22.8 Å². The molecular formula is C14H18N2O. The summed E-state index contributed by atoms with van der Waals surface area (Å²) in [6, 6.07) is 6.23. The molecule has 0 aliphatic rings. The normalized spacial score (nSPS) is 10.9. The van der Waals surface area contributed by atoms with E-state index in [1.807, 2.05) is 19.2 Å². The quantitative estimate of drug-likeness (QED) is 0.876. The van der Waals surface area contributed by atoms with Gasteiger partial charge in [-0.1, -0.05) is 13.8 Å². The first-order chi connectivity index (χ1) is 8.11. The highest BCUT2D eigenvalue weighted by molar-refractivity contribution is 5.62. The maximum Gasteiger partial charge on any atom is 0.122 e. The van der Waals surface area contributed by atoms with E-state index >= 15 is 0 Å². The van der Waals surface area contributed by atoms with Crippen LogP contribution in [0.25, 0.3) is 11.3 Å². The van der Waals surface area contributed by atoms with Crippen LogP contribution < -0.4 is 4.74 Å². The number of aromatic nitrogens is 2. The SMILES string of the molecule is COc1ccc(-c2cnc(C)[nH]2)cc1C(C)C. The molecule has 0 saturated carbocycles. The Morgan fingerprint density at radius 1 is 1.29 bits per heavy atom. The Kier molecular flexibility index (Phi) is 3.18. The van der Waals surface area contributed by atoms with Gasteiger partial charge in [0.05, 0.1) is 19.0 Å². The summed E-state index contributed by atoms with van der Waals surface area (Å²) in [5, 5.41) is 0. The van der Waals surface area contributed by atoms with Crippen LogP contribution in [0.5, 0.6) is 5.75 Å². The van der Waals surface area contributed by atoms with Crippen molar-refractivity contribution in [1.82, 2.24) is 9.97 Å². The lowest BCUT2D eigenvalue weighted by atomic mass is 9.98. The van der Waals surface area contributed by atoms with Crippen LogP contribution >= 0.6 is 0 Å². The maximum atomic E-state index is 5.38. The average Bonchev–Trinajstić information content (AvgIpc) is 2.75. The summed E-state index contributed by atoms with van der Waals surface area (Å²) in [6.07, 6.45) is 1.86. The van der Waals surface area contributed by atoms with Crippen LogP contribution in [0, 0.1) is 6.92 Å². The first-order valence-electron chi connectivity index (χ1n) is 5.81. The number of rotatable bonds is 3. The van der Waals surface area contributed by atoms with E-state index in [1.165, 1.54) is 5.56 Å². The third-order valence-corrected chi connectivity index (χ3v) is 2.87. The minimum atomic E-state index is 0.439. The number of hydrogen-bond acceptors (Lipinski definition) is 2. The van der Waals surface area contributed by atoms with Crippen molar-refractivity contribution in [3.63, 3.8) is 0 Å². The molecule has 1 aromatic heterocycles. The molecule has 0 amide bonds. The van der Waals surface area contributed by atoms with E-state index in [-0.39, 0.29) is 0 Å². The van der Waals surface area contributed by atoms with Crippen molar-refractivity contribution in [2.24, 2.45) is 0 Å². The molecule has 0 atom stereocenters. The van der Waals surface area contributed by atoms with Crippen molar-refractivity contribution in [3.8, 4) is 17.0 Å². The predicted octanol–water partition coefficient (Wildman–Crippen LogP) is 3.52. The maximum absolute atomic E-state index is 5.38. The molecule has 1 aromatic carbocycles. The zero-order valence-corrected chi connectivity index (χ0v) is 10.7. The number of aromatic amines is 1. The first-order valence-corrected chi connectivity index (χ1v) is 5.81. The summed E-state index contributed by atoms with van der Waals surface area (Å²) in [5.41, 5.74) is 3.42. The molecule has 17 heavy (non-hydrogen) atoms. The Hall–Kier alpha value is -1.77. The van der Waals surface area contributed by atoms with Crippen molar-refractivity contribution < 1.29 is 4.74 Å². The molecule has 0 bridgehead atoms. The van der Waals surface area contributed by atoms with Crippen molar-refractivity contribution in [1.29, 1.82) is 0 Å². The monoisotopic (exact) mass is 230 g/mol. The third-order valence-electron chi connectivity index (χ3n) is 2.87. The number of ether oxygens (including phenoxy) is 1. The van der Waals surface area contributed by atoms with Gasteiger partial charge in [-0.15, -0.1) is 0 Å². The zero-order valence-electron chi connectivity index (χ0n) is 10.7. The Bertz CT molecular complexity index is 515. The molecule has 2 aromatic rings. The van der Waals surface area contributed by atoms with Crippen molar-refractivity contribution >= 4 is 0 Å². The third kappa shape index (κ3) is 2.33. The number of H-pyrrole nitrogens is 1. The zero-order chi connectivity index (χ0) is 12.4. The van der Waals surface area contributed by atoms with Gasteiger partial charge in [-0.05, 0) is 36.6 Å². The molecule has 0 aliphatic carbocycles. The Morgan fingerprint density at radius 3 is 2.59 bits per heavy atom. The molecule has 1 heterocycles. The van der Waals surface area contributed by atoms with Crippen LogP contribution in [0.4, 0.5) is 0 Å². The number of nitrogens with one attached hydrogen (secondary N) is 1. The van der Waals surface area contributed by atoms with Gasteiger partial charge < -0.3 is 9.72 Å². The molecule has 0 fully saturated rings. The van der Waals surface area contributed by atoms with E-state index in [2.05, 4.69) is 35.9 Å². The molecule has 0 unspecified atom stereocenters. The summed E-state index contributed by atoms with van der Waals surface area (Å²) in [5.74, 6) is 2.32. The van der Waals surface area contributed by atoms with Crippen LogP contribution in [0.1, 0.15) is 31.2 Å². The van der Waals surface area contributed by atoms with Gasteiger partial charge in [-0.25, -0.2) is 4.98 Å². The molecule has 90 valence electrons. The summed E-state index contributed by atoms with van der Waals surface area (Å²) < 4.78 is 5.38. The minimum absolute atomic E-state index is 0.439. The van der Waals surface area contributed by atoms with Gasteiger partial charge in [-0.3, -0.25) is 0 Å². The van der Waals surface area contributed by atoms with Crippen LogP contribution in [0.2, 0.25) is 0 Å². The fourth-order valence-electron chi connectivity index (χ4n) is 1.92. The van der Waals surface area contributed by atoms with E-state index in [0.29, 0.717) is 5.92 Å². The summed E-state index contributed by atoms with van der Waals surface area (Å²) >= 11 is 0. The fourth-order valence-corrected chi connectivity index (χ4v) is 1.92. The summed E-state index contributed by atoms with van der Waals surface area (Å²) in [6.45, 7) is 6.29. The van der Waals surface area contributed by atoms with Gasteiger partial charge in [-0.2, -0.15) is 0 Å². The highest BCUT2D eigenvalue weighted by Gasteiger charge is 2.10. The van der Waals surface area contributed by atoms with Gasteiger partial charge in [0.15, 0.2) is 0 Å². The van der Waals surface area contributed by atoms with Gasteiger partial charge in [0, 0.05) is 5.56 Å². The number of hydrogen-bond donors (Lipinski definition) is 1. The number of imidazole rings is 1. The second-order valence-electron chi connectivity index (χ2n) is 4.49. The van der Waals surface area contributed by atoms with Crippen LogP contribution in [-0.4, -0.2) is 17.1 Å². The molecule has 0 aliphatic heterocycles. The lowest BCUT2D eigenvalue weighted by Gasteiger charge is -2.12. The van der Waals surface area contributed by atoms with Gasteiger partial charge in [0.25, 0.3) is 0 Å². The van der Waals surface area contributed by atoms with Gasteiger partial charge >= 0.3 is 0 Å². The Balaban J connectivity index is 2.47. The van der Waals surface area contributed by atoms with Gasteiger partial charge in [0.1, 0.15) is 11.6 Å². The summed E-state index contributed by atoms with van der Waals surface area (Å²) in [7, 11) is 1.71. The lowest BCUT2D eigenvalue weighted by molar-refractivity contribution is 0.407. The average molecular weight is 230 g/mol. The van der Waals surface area contributed by atoms with E-state index in [1.54, 1.807) is 7.11 Å². The largest absolute Gasteiger partial charge is 0.496 e. The predicted molar refractivity (Wildman–Crippen MR) is 69.4 cm³/mol. The van der Waals surface area contributed by atoms with Crippen molar-refractivity contribution in [2.75, 3.05) is 7.11 Å². The molecule has 0 spiro atoms. The summed E-state index contributed by atoms with van der Waals surface area (Å²) in [4.78, 5) is 7.47. The van der Waals surface area contributed by atoms with E-state index in [4.69, 9.17) is 4.74 Å². The number of nitrogens with zero attached hydrogens (tertiary/aromatic N) is 1. The smallest absolute Gasteiger partial charge is 0.122 e. The van der Waals surface area contributed by atoms with Gasteiger partial charge in [0.2, 0.25) is 0 Å². The van der Waals surface area contributed by atoms with E-state index in [9.17, 15) is 0 Å². The van der Waals surface area contributed by atoms with Crippen LogP contribution in [0.3, 0.4) is 0 Å². The number of benzene rings is 1. The van der Waals surface area contributed by atoms with Crippen molar-refractivity contribution in [3.05, 3.63) is 35.8 Å². The van der Waals surface area contributed by atoms with Crippen LogP contribution in [-0.2, 0) is 0 Å². The molecule has 2 rings (SSSR count). The minimum Gasteiger partial charge on any atom is -0.496 e. The van der Waals surface area contributed by atoms with E-state index < -0.39 is 0 Å². The molecule has 0 radical (unpaired) electrons. The standard InChI is InChI=1S/C14H18N2O/c1-9(2)12-7-11(5-6-14(12)17-4)13-8-15-10(3)16-13/h5-9H,1-4H3,(H,15,16). The Morgan fingerprint density at radius 2 is 2.06 bits per heavy atom. The second-order valence-corrected chi connectivity index (χ2v) is 4.49. The van der Waals surface area contributed by atoms with Crippen LogP contribution in [0.15, 0.2) is 24.4 Å². The molecular weight excluding hydrogens is 212 g/mol. The topological polar surface area (TPSA) is 37.9 Å². The molecule has 1 N–H and O–H groups in total. The number of methoxy groups -OCH3 is 1. The fraction of sp³-hybridized carbons (Fsp3) is 0.357. The molecule has 3 nitrogen and oxygen atoms in total. The Labute approximate surface area is 102 Å². The number of aryl methyl sites for hydroxylation is 1. The first kappa shape index (κ1) is 11.7. The second kappa shape index (κ2) is 4.62.